The SMILES string of the molecule is COc1ccc(C=CCCN=[N+]=[N-])cc1[N+](=O)[O-]. The molecule has 1 aromatic carbocycles. The highest BCUT2D eigenvalue weighted by Crippen LogP contribution is 2.27. The average Bonchev–Trinajstić information content (AvgIpc) is 2.38. The minimum Gasteiger partial charge on any atom is -0.490 e. The van der Waals surface area contributed by atoms with Gasteiger partial charge in [-0.3, -0.25) is 10.1 Å². The average molecular weight is 248 g/mol. The number of nitrogens with zero attached hydrogens (tertiary/aromatic N) is 4. The van der Waals surface area contributed by atoms with Crippen LogP contribution in [0.1, 0.15) is 12.0 Å². The third kappa shape index (κ3) is 3.80. The molecule has 1 rings (SSSR count). The lowest BCUT2D eigenvalue weighted by Crippen LogP contribution is -1.93. The molecule has 7 heteroatoms. The normalized spacial score (nSPS) is 10.1. The maximum absolute atomic E-state index is 10.8. The molecule has 0 aliphatic carbocycles. The standard InChI is InChI=1S/C11H12N4O3/c1-18-11-6-5-9(8-10(11)15(16)17)4-2-3-7-13-14-12/h2,4-6,8H,3,7H2,1H3. The van der Waals surface area contributed by atoms with Gasteiger partial charge < -0.3 is 4.74 Å². The van der Waals surface area contributed by atoms with E-state index in [2.05, 4.69) is 10.0 Å². The molecule has 0 saturated carbocycles. The van der Waals surface area contributed by atoms with Gasteiger partial charge in [0.1, 0.15) is 0 Å². The fraction of sp³-hybridized carbons (Fsp3) is 0.273. The van der Waals surface area contributed by atoms with Crippen LogP contribution in [0.5, 0.6) is 5.75 Å². The first kappa shape index (κ1) is 13.5. The molecule has 0 unspecified atom stereocenters. The summed E-state index contributed by atoms with van der Waals surface area (Å²) in [5, 5.41) is 14.2. The highest BCUT2D eigenvalue weighted by Gasteiger charge is 2.13. The van der Waals surface area contributed by atoms with Crippen LogP contribution < -0.4 is 4.74 Å². The second-order valence-electron chi connectivity index (χ2n) is 3.33. The van der Waals surface area contributed by atoms with Gasteiger partial charge in [0.25, 0.3) is 0 Å². The van der Waals surface area contributed by atoms with Gasteiger partial charge in [-0.2, -0.15) is 0 Å². The van der Waals surface area contributed by atoms with Gasteiger partial charge in [0.15, 0.2) is 5.75 Å². The van der Waals surface area contributed by atoms with E-state index in [1.807, 2.05) is 0 Å². The molecule has 0 radical (unpaired) electrons. The van der Waals surface area contributed by atoms with Crippen molar-refractivity contribution in [3.8, 4) is 5.75 Å². The van der Waals surface area contributed by atoms with Gasteiger partial charge in [-0.25, -0.2) is 0 Å². The lowest BCUT2D eigenvalue weighted by molar-refractivity contribution is -0.385. The van der Waals surface area contributed by atoms with Crippen molar-refractivity contribution in [3.05, 3.63) is 50.4 Å². The van der Waals surface area contributed by atoms with Crippen molar-refractivity contribution in [2.24, 2.45) is 5.11 Å². The number of nitro groups is 1. The molecular formula is C11H12N4O3. The van der Waals surface area contributed by atoms with Crippen LogP contribution in [0, 0.1) is 10.1 Å². The largest absolute Gasteiger partial charge is 0.490 e. The van der Waals surface area contributed by atoms with Gasteiger partial charge >= 0.3 is 5.69 Å². The Bertz CT molecular complexity index is 507. The van der Waals surface area contributed by atoms with Gasteiger partial charge in [-0.05, 0) is 23.6 Å². The summed E-state index contributed by atoms with van der Waals surface area (Å²) in [5.74, 6) is 0.228. The first-order valence-corrected chi connectivity index (χ1v) is 5.19. The van der Waals surface area contributed by atoms with E-state index in [1.54, 1.807) is 24.3 Å². The summed E-state index contributed by atoms with van der Waals surface area (Å²) >= 11 is 0. The van der Waals surface area contributed by atoms with E-state index in [1.165, 1.54) is 13.2 Å². The quantitative estimate of drug-likeness (QED) is 0.193. The molecule has 0 aromatic heterocycles. The Labute approximate surface area is 103 Å². The Balaban J connectivity index is 2.81. The number of methoxy groups -OCH3 is 1. The number of rotatable bonds is 6. The molecule has 7 nitrogen and oxygen atoms in total. The van der Waals surface area contributed by atoms with Gasteiger partial charge in [0.2, 0.25) is 0 Å². The molecule has 0 saturated heterocycles. The van der Waals surface area contributed by atoms with E-state index >= 15 is 0 Å². The van der Waals surface area contributed by atoms with E-state index in [4.69, 9.17) is 10.3 Å². The minimum absolute atomic E-state index is 0.0744. The van der Waals surface area contributed by atoms with Crippen LogP contribution in [0.4, 0.5) is 5.69 Å². The van der Waals surface area contributed by atoms with Crippen LogP contribution in [0.25, 0.3) is 16.5 Å². The van der Waals surface area contributed by atoms with Crippen molar-refractivity contribution in [1.29, 1.82) is 0 Å². The fourth-order valence-electron chi connectivity index (χ4n) is 1.35. The predicted molar refractivity (Wildman–Crippen MR) is 67.3 cm³/mol. The van der Waals surface area contributed by atoms with E-state index in [0.29, 0.717) is 18.5 Å². The van der Waals surface area contributed by atoms with E-state index in [-0.39, 0.29) is 11.4 Å². The van der Waals surface area contributed by atoms with Gasteiger partial charge in [0, 0.05) is 17.5 Å². The van der Waals surface area contributed by atoms with Gasteiger partial charge in [-0.15, -0.1) is 0 Å². The zero-order valence-electron chi connectivity index (χ0n) is 9.81. The van der Waals surface area contributed by atoms with Crippen molar-refractivity contribution < 1.29 is 9.66 Å². The number of nitro benzene ring substituents is 1. The Morgan fingerprint density at radius 1 is 1.61 bits per heavy atom. The van der Waals surface area contributed by atoms with E-state index < -0.39 is 4.92 Å². The van der Waals surface area contributed by atoms with Crippen LogP contribution in [0.15, 0.2) is 29.4 Å². The van der Waals surface area contributed by atoms with E-state index in [9.17, 15) is 10.1 Å². The monoisotopic (exact) mass is 248 g/mol. The summed E-state index contributed by atoms with van der Waals surface area (Å²) in [4.78, 5) is 12.9. The molecule has 0 bridgehead atoms. The Hall–Kier alpha value is -2.53. The molecule has 0 aliphatic rings. The van der Waals surface area contributed by atoms with Crippen molar-refractivity contribution in [3.63, 3.8) is 0 Å². The number of hydrogen-bond donors (Lipinski definition) is 0. The lowest BCUT2D eigenvalue weighted by atomic mass is 10.1. The number of ether oxygens (including phenoxy) is 1. The smallest absolute Gasteiger partial charge is 0.311 e. The number of hydrogen-bond acceptors (Lipinski definition) is 4. The molecule has 0 aliphatic heterocycles. The van der Waals surface area contributed by atoms with Crippen molar-refractivity contribution >= 4 is 11.8 Å². The topological polar surface area (TPSA) is 101 Å². The van der Waals surface area contributed by atoms with Crippen molar-refractivity contribution in [1.82, 2.24) is 0 Å². The summed E-state index contributed by atoms with van der Waals surface area (Å²) < 4.78 is 4.90. The van der Waals surface area contributed by atoms with Gasteiger partial charge in [-0.1, -0.05) is 23.3 Å². The molecule has 18 heavy (non-hydrogen) atoms. The summed E-state index contributed by atoms with van der Waals surface area (Å²) in [5.41, 5.74) is 8.71. The van der Waals surface area contributed by atoms with Crippen molar-refractivity contribution in [2.45, 2.75) is 6.42 Å². The zero-order valence-corrected chi connectivity index (χ0v) is 9.81. The summed E-state index contributed by atoms with van der Waals surface area (Å²) in [6.45, 7) is 0.366. The van der Waals surface area contributed by atoms with Crippen molar-refractivity contribution in [2.75, 3.05) is 13.7 Å². The summed E-state index contributed by atoms with van der Waals surface area (Å²) in [7, 11) is 1.39. The highest BCUT2D eigenvalue weighted by molar-refractivity contribution is 5.58. The Morgan fingerprint density at radius 3 is 3.00 bits per heavy atom. The molecule has 0 N–H and O–H groups in total. The van der Waals surface area contributed by atoms with Crippen LogP contribution >= 0.6 is 0 Å². The lowest BCUT2D eigenvalue weighted by Gasteiger charge is -2.01. The highest BCUT2D eigenvalue weighted by atomic mass is 16.6. The first-order valence-electron chi connectivity index (χ1n) is 5.19. The first-order chi connectivity index (χ1) is 8.69. The minimum atomic E-state index is -0.490. The second kappa shape index (κ2) is 6.93. The Morgan fingerprint density at radius 2 is 2.39 bits per heavy atom. The molecule has 0 heterocycles. The second-order valence-corrected chi connectivity index (χ2v) is 3.33. The molecule has 0 spiro atoms. The zero-order chi connectivity index (χ0) is 13.4. The van der Waals surface area contributed by atoms with Gasteiger partial charge in [0.05, 0.1) is 12.0 Å². The Kier molecular flexibility index (Phi) is 5.21. The third-order valence-electron chi connectivity index (χ3n) is 2.17. The third-order valence-corrected chi connectivity index (χ3v) is 2.17. The summed E-state index contributed by atoms with van der Waals surface area (Å²) in [6.07, 6.45) is 4.11. The fourth-order valence-corrected chi connectivity index (χ4v) is 1.35. The van der Waals surface area contributed by atoms with E-state index in [0.717, 1.165) is 0 Å². The number of azide groups is 1. The molecule has 0 fully saturated rings. The number of benzene rings is 1. The molecule has 94 valence electrons. The molecule has 0 amide bonds. The maximum atomic E-state index is 10.8. The molecule has 0 atom stereocenters. The van der Waals surface area contributed by atoms with Crippen LogP contribution in [0.3, 0.4) is 0 Å². The molecular weight excluding hydrogens is 236 g/mol. The van der Waals surface area contributed by atoms with Crippen LogP contribution in [-0.2, 0) is 0 Å². The maximum Gasteiger partial charge on any atom is 0.311 e. The van der Waals surface area contributed by atoms with Crippen LogP contribution in [0.2, 0.25) is 0 Å². The summed E-state index contributed by atoms with van der Waals surface area (Å²) in [6, 6.07) is 4.70. The molecule has 1 aromatic rings. The predicted octanol–water partition coefficient (Wildman–Crippen LogP) is 3.32. The van der Waals surface area contributed by atoms with Crippen LogP contribution in [-0.4, -0.2) is 18.6 Å².